The highest BCUT2D eigenvalue weighted by molar-refractivity contribution is 7.09. The molecule has 0 saturated heterocycles. The van der Waals surface area contributed by atoms with Gasteiger partial charge in [-0.15, -0.1) is 0 Å². The SMILES string of the molecule is Cc1nsc(NC[C@H]2CCc3ccccc3N2)n1. The highest BCUT2D eigenvalue weighted by Gasteiger charge is 2.17. The summed E-state index contributed by atoms with van der Waals surface area (Å²) < 4.78 is 4.16. The largest absolute Gasteiger partial charge is 0.380 e. The zero-order valence-corrected chi connectivity index (χ0v) is 11.1. The van der Waals surface area contributed by atoms with Crippen molar-refractivity contribution < 1.29 is 0 Å². The Balaban J connectivity index is 1.59. The van der Waals surface area contributed by atoms with Crippen LogP contribution in [0.2, 0.25) is 0 Å². The number of fused-ring (bicyclic) bond motifs is 1. The van der Waals surface area contributed by atoms with Crippen LogP contribution in [0.4, 0.5) is 10.8 Å². The van der Waals surface area contributed by atoms with Gasteiger partial charge in [0.05, 0.1) is 0 Å². The lowest BCUT2D eigenvalue weighted by Crippen LogP contribution is -2.32. The molecule has 18 heavy (non-hydrogen) atoms. The van der Waals surface area contributed by atoms with Crippen molar-refractivity contribution in [1.29, 1.82) is 0 Å². The van der Waals surface area contributed by atoms with Crippen LogP contribution in [0.3, 0.4) is 0 Å². The smallest absolute Gasteiger partial charge is 0.202 e. The van der Waals surface area contributed by atoms with Crippen molar-refractivity contribution in [2.45, 2.75) is 25.8 Å². The van der Waals surface area contributed by atoms with Gasteiger partial charge in [-0.2, -0.15) is 4.37 Å². The number of hydrogen-bond acceptors (Lipinski definition) is 5. The molecule has 5 heteroatoms. The number of aryl methyl sites for hydroxylation is 2. The minimum absolute atomic E-state index is 0.462. The van der Waals surface area contributed by atoms with E-state index in [1.165, 1.54) is 22.8 Å². The van der Waals surface area contributed by atoms with Crippen molar-refractivity contribution in [1.82, 2.24) is 9.36 Å². The molecule has 2 N–H and O–H groups in total. The number of para-hydroxylation sites is 1. The highest BCUT2D eigenvalue weighted by atomic mass is 32.1. The summed E-state index contributed by atoms with van der Waals surface area (Å²) in [6.07, 6.45) is 2.30. The lowest BCUT2D eigenvalue weighted by atomic mass is 9.98. The summed E-state index contributed by atoms with van der Waals surface area (Å²) in [5.41, 5.74) is 2.68. The molecule has 0 aliphatic carbocycles. The molecule has 1 aliphatic rings. The van der Waals surface area contributed by atoms with Gasteiger partial charge in [0.1, 0.15) is 5.82 Å². The van der Waals surface area contributed by atoms with Crippen LogP contribution in [-0.4, -0.2) is 21.9 Å². The maximum absolute atomic E-state index is 4.31. The summed E-state index contributed by atoms with van der Waals surface area (Å²) >= 11 is 1.42. The first-order valence-corrected chi connectivity index (χ1v) is 6.97. The Hall–Kier alpha value is -1.62. The lowest BCUT2D eigenvalue weighted by molar-refractivity contribution is 0.654. The minimum Gasteiger partial charge on any atom is -0.380 e. The van der Waals surface area contributed by atoms with Gasteiger partial charge in [0.15, 0.2) is 0 Å². The summed E-state index contributed by atoms with van der Waals surface area (Å²) in [6.45, 7) is 2.81. The Bertz CT molecular complexity index is 537. The van der Waals surface area contributed by atoms with Gasteiger partial charge in [-0.3, -0.25) is 0 Å². The van der Waals surface area contributed by atoms with Gasteiger partial charge in [0.2, 0.25) is 5.13 Å². The van der Waals surface area contributed by atoms with Gasteiger partial charge >= 0.3 is 0 Å². The van der Waals surface area contributed by atoms with Crippen molar-refractivity contribution in [2.75, 3.05) is 17.2 Å². The van der Waals surface area contributed by atoms with Crippen molar-refractivity contribution in [3.05, 3.63) is 35.7 Å². The Morgan fingerprint density at radius 1 is 1.44 bits per heavy atom. The van der Waals surface area contributed by atoms with E-state index in [0.717, 1.165) is 30.3 Å². The molecule has 1 atom stereocenters. The molecule has 1 aromatic heterocycles. The second-order valence-electron chi connectivity index (χ2n) is 4.56. The summed E-state index contributed by atoms with van der Waals surface area (Å²) in [7, 11) is 0. The lowest BCUT2D eigenvalue weighted by Gasteiger charge is -2.27. The first-order chi connectivity index (χ1) is 8.81. The van der Waals surface area contributed by atoms with Gasteiger partial charge in [-0.25, -0.2) is 4.98 Å². The van der Waals surface area contributed by atoms with E-state index < -0.39 is 0 Å². The quantitative estimate of drug-likeness (QED) is 0.891. The normalized spacial score (nSPS) is 17.9. The number of rotatable bonds is 3. The number of nitrogens with zero attached hydrogens (tertiary/aromatic N) is 2. The minimum atomic E-state index is 0.462. The second-order valence-corrected chi connectivity index (χ2v) is 5.32. The predicted molar refractivity (Wildman–Crippen MR) is 75.3 cm³/mol. The maximum Gasteiger partial charge on any atom is 0.202 e. The van der Waals surface area contributed by atoms with E-state index in [9.17, 15) is 0 Å². The van der Waals surface area contributed by atoms with Crippen molar-refractivity contribution in [3.8, 4) is 0 Å². The van der Waals surface area contributed by atoms with Crippen LogP contribution in [0, 0.1) is 6.92 Å². The van der Waals surface area contributed by atoms with E-state index >= 15 is 0 Å². The van der Waals surface area contributed by atoms with E-state index in [2.05, 4.69) is 44.3 Å². The van der Waals surface area contributed by atoms with Crippen LogP contribution in [-0.2, 0) is 6.42 Å². The molecule has 0 amide bonds. The third-order valence-corrected chi connectivity index (χ3v) is 3.93. The Kier molecular flexibility index (Phi) is 3.15. The number of anilines is 2. The fourth-order valence-electron chi connectivity index (χ4n) is 2.23. The third-order valence-electron chi connectivity index (χ3n) is 3.17. The van der Waals surface area contributed by atoms with Crippen LogP contribution in [0.15, 0.2) is 24.3 Å². The monoisotopic (exact) mass is 260 g/mol. The predicted octanol–water partition coefficient (Wildman–Crippen LogP) is 2.69. The van der Waals surface area contributed by atoms with Crippen LogP contribution >= 0.6 is 11.5 Å². The van der Waals surface area contributed by atoms with Crippen LogP contribution in [0.5, 0.6) is 0 Å². The van der Waals surface area contributed by atoms with Crippen molar-refractivity contribution >= 4 is 22.4 Å². The van der Waals surface area contributed by atoms with Crippen molar-refractivity contribution in [2.24, 2.45) is 0 Å². The van der Waals surface area contributed by atoms with Crippen LogP contribution in [0.25, 0.3) is 0 Å². The molecule has 0 fully saturated rings. The van der Waals surface area contributed by atoms with Gasteiger partial charge in [-0.05, 0) is 31.4 Å². The molecule has 0 saturated carbocycles. The molecule has 2 heterocycles. The molecule has 3 rings (SSSR count). The molecule has 0 unspecified atom stereocenters. The Morgan fingerprint density at radius 2 is 2.33 bits per heavy atom. The Labute approximate surface area is 111 Å². The summed E-state index contributed by atoms with van der Waals surface area (Å²) in [5, 5.41) is 7.83. The maximum atomic E-state index is 4.31. The Morgan fingerprint density at radius 3 is 3.17 bits per heavy atom. The fraction of sp³-hybridized carbons (Fsp3) is 0.385. The second kappa shape index (κ2) is 4.94. The molecule has 4 nitrogen and oxygen atoms in total. The van der Waals surface area contributed by atoms with E-state index in [0.29, 0.717) is 6.04 Å². The summed E-state index contributed by atoms with van der Waals surface area (Å²) in [6, 6.07) is 8.99. The zero-order valence-electron chi connectivity index (χ0n) is 10.3. The highest BCUT2D eigenvalue weighted by Crippen LogP contribution is 2.24. The van der Waals surface area contributed by atoms with Gasteiger partial charge in [0, 0.05) is 29.8 Å². The van der Waals surface area contributed by atoms with Gasteiger partial charge in [0.25, 0.3) is 0 Å². The number of aromatic nitrogens is 2. The first kappa shape index (κ1) is 11.5. The van der Waals surface area contributed by atoms with E-state index in [1.807, 2.05) is 6.92 Å². The topological polar surface area (TPSA) is 49.8 Å². The van der Waals surface area contributed by atoms with Crippen LogP contribution in [0.1, 0.15) is 17.8 Å². The molecular weight excluding hydrogens is 244 g/mol. The van der Waals surface area contributed by atoms with Gasteiger partial charge in [-0.1, -0.05) is 18.2 Å². The summed E-state index contributed by atoms with van der Waals surface area (Å²) in [5.74, 6) is 0.837. The molecule has 0 spiro atoms. The number of hydrogen-bond donors (Lipinski definition) is 2. The summed E-state index contributed by atoms with van der Waals surface area (Å²) in [4.78, 5) is 4.31. The molecule has 0 radical (unpaired) electrons. The number of benzene rings is 1. The van der Waals surface area contributed by atoms with E-state index in [-0.39, 0.29) is 0 Å². The zero-order chi connectivity index (χ0) is 12.4. The van der Waals surface area contributed by atoms with Gasteiger partial charge < -0.3 is 10.6 Å². The fourth-order valence-corrected chi connectivity index (χ4v) is 2.81. The molecule has 2 aromatic rings. The molecule has 1 aliphatic heterocycles. The average molecular weight is 260 g/mol. The standard InChI is InChI=1S/C13H16N4S/c1-9-15-13(18-17-9)14-8-11-7-6-10-4-2-3-5-12(10)16-11/h2-5,11,16H,6-8H2,1H3,(H,14,15,17)/t11-/m1/s1. The molecule has 1 aromatic carbocycles. The van der Waals surface area contributed by atoms with Crippen molar-refractivity contribution in [3.63, 3.8) is 0 Å². The average Bonchev–Trinajstić information content (AvgIpc) is 2.82. The first-order valence-electron chi connectivity index (χ1n) is 6.20. The molecular formula is C13H16N4S. The molecule has 94 valence electrons. The van der Waals surface area contributed by atoms with E-state index in [1.54, 1.807) is 0 Å². The number of nitrogens with one attached hydrogen (secondary N) is 2. The third kappa shape index (κ3) is 2.46. The van der Waals surface area contributed by atoms with Crippen LogP contribution < -0.4 is 10.6 Å². The van der Waals surface area contributed by atoms with E-state index in [4.69, 9.17) is 0 Å². The molecule has 0 bridgehead atoms.